The number of nitrogens with zero attached hydrogens (tertiary/aromatic N) is 1. The van der Waals surface area contributed by atoms with Crippen LogP contribution in [0.25, 0.3) is 16.6 Å². The van der Waals surface area contributed by atoms with E-state index in [9.17, 15) is 22.8 Å². The second-order valence-corrected chi connectivity index (χ2v) is 11.6. The number of carbonyl (C=O) groups is 1. The van der Waals surface area contributed by atoms with Crippen LogP contribution in [0.4, 0.5) is 10.5 Å². The van der Waals surface area contributed by atoms with Crippen molar-refractivity contribution in [2.75, 3.05) is 9.74 Å². The molecule has 2 heterocycles. The number of H-pyrrole nitrogens is 1. The first-order valence-corrected chi connectivity index (χ1v) is 13.7. The van der Waals surface area contributed by atoms with Crippen LogP contribution in [0.1, 0.15) is 12.0 Å². The van der Waals surface area contributed by atoms with Gasteiger partial charge in [-0.1, -0.05) is 40.8 Å². The maximum Gasteiger partial charge on any atom is 0.333 e. The predicted molar refractivity (Wildman–Crippen MR) is 139 cm³/mol. The number of thioether (sulfide) groups is 1. The fourth-order valence-electron chi connectivity index (χ4n) is 3.49. The summed E-state index contributed by atoms with van der Waals surface area (Å²) in [5.41, 5.74) is 0.611. The maximum absolute atomic E-state index is 12.9. The fourth-order valence-corrected chi connectivity index (χ4v) is 6.93. The first kappa shape index (κ1) is 23.6. The van der Waals surface area contributed by atoms with Crippen molar-refractivity contribution in [2.45, 2.75) is 17.9 Å². The molecule has 1 aliphatic heterocycles. The second-order valence-electron chi connectivity index (χ2n) is 7.31. The molecule has 2 amide bonds. The molecule has 0 fully saturated rings. The molecule has 4 rings (SSSR count). The van der Waals surface area contributed by atoms with Gasteiger partial charge in [-0.15, -0.1) is 11.8 Å². The van der Waals surface area contributed by atoms with E-state index in [2.05, 4.69) is 37.6 Å². The molecule has 0 bridgehead atoms. The number of rotatable bonds is 5. The molecule has 0 saturated heterocycles. The van der Waals surface area contributed by atoms with Gasteiger partial charge in [0, 0.05) is 10.1 Å². The van der Waals surface area contributed by atoms with E-state index in [1.54, 1.807) is 37.3 Å². The van der Waals surface area contributed by atoms with Gasteiger partial charge in [-0.05, 0) is 54.1 Å². The van der Waals surface area contributed by atoms with Crippen molar-refractivity contribution >= 4 is 67.0 Å². The van der Waals surface area contributed by atoms with Gasteiger partial charge in [0.2, 0.25) is 10.0 Å². The molecule has 0 spiro atoms. The van der Waals surface area contributed by atoms with Crippen molar-refractivity contribution in [3.8, 4) is 5.69 Å². The Morgan fingerprint density at radius 3 is 2.70 bits per heavy atom. The monoisotopic (exact) mass is 598 g/mol. The number of sulfonamides is 1. The lowest BCUT2D eigenvalue weighted by molar-refractivity contribution is 0.256. The first-order valence-electron chi connectivity index (χ1n) is 9.79. The number of alkyl halides is 1. The van der Waals surface area contributed by atoms with Crippen LogP contribution in [0.3, 0.4) is 0 Å². The smallest absolute Gasteiger partial charge is 0.307 e. The third-order valence-electron chi connectivity index (χ3n) is 5.03. The molecular weight excluding hydrogens is 579 g/mol. The molecular formula is C21H19IN4O5S2. The summed E-state index contributed by atoms with van der Waals surface area (Å²) in [7, 11) is -3.86. The molecule has 0 aliphatic carbocycles. The predicted octanol–water partition coefficient (Wildman–Crippen LogP) is 3.22. The van der Waals surface area contributed by atoms with E-state index in [0.29, 0.717) is 34.3 Å². The number of hydrogen-bond acceptors (Lipinski definition) is 6. The highest BCUT2D eigenvalue weighted by Gasteiger charge is 2.31. The number of aromatic amines is 1. The Hall–Kier alpha value is -2.58. The lowest BCUT2D eigenvalue weighted by atomic mass is 10.1. The highest BCUT2D eigenvalue weighted by Crippen LogP contribution is 2.36. The molecule has 3 N–H and O–H groups in total. The minimum Gasteiger partial charge on any atom is -0.307 e. The summed E-state index contributed by atoms with van der Waals surface area (Å²) in [5, 5.41) is 2.86. The molecule has 1 aromatic heterocycles. The van der Waals surface area contributed by atoms with Crippen LogP contribution in [0.5, 0.6) is 0 Å². The number of nitrogens with one attached hydrogen (secondary N) is 3. The van der Waals surface area contributed by atoms with Crippen molar-refractivity contribution < 1.29 is 13.2 Å². The second kappa shape index (κ2) is 9.35. The summed E-state index contributed by atoms with van der Waals surface area (Å²) in [6.45, 7) is 1.68. The molecule has 2 aromatic carbocycles. The number of allylic oxidation sites excluding steroid dienone is 2. The van der Waals surface area contributed by atoms with Gasteiger partial charge in [0.1, 0.15) is 4.58 Å². The summed E-state index contributed by atoms with van der Waals surface area (Å²) in [6, 6.07) is 10.4. The summed E-state index contributed by atoms with van der Waals surface area (Å²) < 4.78 is 28.0. The van der Waals surface area contributed by atoms with E-state index < -0.39 is 31.9 Å². The number of halogens is 1. The fraction of sp³-hybridized carbons (Fsp3) is 0.190. The molecule has 172 valence electrons. The number of benzene rings is 2. The van der Waals surface area contributed by atoms with Crippen LogP contribution < -0.4 is 21.3 Å². The highest BCUT2D eigenvalue weighted by atomic mass is 127. The molecule has 0 radical (unpaired) electrons. The number of carbonyl (C=O) groups excluding carboxylic acids is 1. The number of anilines is 1. The number of fused-ring (bicyclic) bond motifs is 1. The van der Waals surface area contributed by atoms with Gasteiger partial charge in [-0.25, -0.2) is 27.3 Å². The van der Waals surface area contributed by atoms with Crippen LogP contribution in [-0.2, 0) is 10.0 Å². The third kappa shape index (κ3) is 4.87. The normalized spacial score (nSPS) is 15.9. The minimum atomic E-state index is -3.86. The van der Waals surface area contributed by atoms with Crippen molar-refractivity contribution in [3.63, 3.8) is 0 Å². The van der Waals surface area contributed by atoms with Gasteiger partial charge >= 0.3 is 11.7 Å². The molecule has 1 atom stereocenters. The largest absolute Gasteiger partial charge is 0.333 e. The quantitative estimate of drug-likeness (QED) is 0.306. The highest BCUT2D eigenvalue weighted by molar-refractivity contribution is 14.1. The van der Waals surface area contributed by atoms with Gasteiger partial charge in [0.15, 0.2) is 0 Å². The van der Waals surface area contributed by atoms with E-state index in [4.69, 9.17) is 0 Å². The van der Waals surface area contributed by atoms with Crippen LogP contribution in [0, 0.1) is 6.92 Å². The van der Waals surface area contributed by atoms with Crippen molar-refractivity contribution in [1.29, 1.82) is 0 Å². The van der Waals surface area contributed by atoms with Gasteiger partial charge in [0.05, 0.1) is 16.6 Å². The van der Waals surface area contributed by atoms with E-state index >= 15 is 0 Å². The zero-order valence-corrected chi connectivity index (χ0v) is 21.1. The zero-order chi connectivity index (χ0) is 23.8. The number of hydrogen-bond donors (Lipinski definition) is 3. The molecule has 1 aliphatic rings. The van der Waals surface area contributed by atoms with E-state index in [1.165, 1.54) is 23.9 Å². The summed E-state index contributed by atoms with van der Waals surface area (Å²) in [6.07, 6.45) is 2.20. The van der Waals surface area contributed by atoms with Crippen molar-refractivity contribution in [1.82, 2.24) is 14.3 Å². The van der Waals surface area contributed by atoms with Crippen LogP contribution >= 0.6 is 34.4 Å². The Balaban J connectivity index is 1.54. The Kier molecular flexibility index (Phi) is 6.68. The molecule has 9 nitrogen and oxygen atoms in total. The Morgan fingerprint density at radius 1 is 1.24 bits per heavy atom. The molecule has 1 unspecified atom stereocenters. The van der Waals surface area contributed by atoms with Crippen LogP contribution in [0.2, 0.25) is 0 Å². The van der Waals surface area contributed by atoms with Gasteiger partial charge < -0.3 is 10.3 Å². The van der Waals surface area contributed by atoms with Crippen molar-refractivity contribution in [2.24, 2.45) is 0 Å². The maximum atomic E-state index is 12.9. The van der Waals surface area contributed by atoms with E-state index in [-0.39, 0.29) is 0 Å². The lowest BCUT2D eigenvalue weighted by Crippen LogP contribution is -2.39. The summed E-state index contributed by atoms with van der Waals surface area (Å²) in [4.78, 5) is 41.4. The number of para-hydroxylation sites is 1. The zero-order valence-electron chi connectivity index (χ0n) is 17.3. The molecule has 3 aromatic rings. The number of urea groups is 1. The Morgan fingerprint density at radius 2 is 2.00 bits per heavy atom. The molecule has 33 heavy (non-hydrogen) atoms. The topological polar surface area (TPSA) is 130 Å². The Labute approximate surface area is 206 Å². The number of amides is 2. The third-order valence-corrected chi connectivity index (χ3v) is 9.85. The van der Waals surface area contributed by atoms with Crippen molar-refractivity contribution in [3.05, 3.63) is 79.8 Å². The SMILES string of the molecule is Cc1cc(NC(=O)NS(=O)(=O)C2CC=C(CI)S2)ccc1-n1c(=O)[nH]c2ccccc2c1=O. The minimum absolute atomic E-state index is 0.319. The standard InChI is InChI=1S/C21H19IN4O5S2/c1-12-10-13(23-20(28)25-33(30,31)18-9-7-14(11-22)32-18)6-8-17(12)26-19(27)15-4-2-3-5-16(15)24-21(26)29/h2-8,10,18H,9,11H2,1H3,(H,24,29)(H2,23,25,28). The van der Waals surface area contributed by atoms with E-state index in [0.717, 1.165) is 13.9 Å². The Bertz CT molecular complexity index is 1510. The van der Waals surface area contributed by atoms with Gasteiger partial charge in [0.25, 0.3) is 5.56 Å². The first-order chi connectivity index (χ1) is 15.7. The molecule has 0 saturated carbocycles. The summed E-state index contributed by atoms with van der Waals surface area (Å²) in [5.74, 6) is 0. The van der Waals surface area contributed by atoms with Crippen LogP contribution in [-0.4, -0.2) is 33.0 Å². The van der Waals surface area contributed by atoms with E-state index in [1.807, 2.05) is 6.08 Å². The summed E-state index contributed by atoms with van der Waals surface area (Å²) >= 11 is 3.39. The number of aromatic nitrogens is 2. The van der Waals surface area contributed by atoms with Gasteiger partial charge in [-0.2, -0.15) is 0 Å². The average Bonchev–Trinajstić information content (AvgIpc) is 3.25. The van der Waals surface area contributed by atoms with Gasteiger partial charge in [-0.3, -0.25) is 4.79 Å². The number of aryl methyl sites for hydroxylation is 1. The molecule has 12 heteroatoms. The van der Waals surface area contributed by atoms with Crippen LogP contribution in [0.15, 0.2) is 63.0 Å². The average molecular weight is 598 g/mol. The lowest BCUT2D eigenvalue weighted by Gasteiger charge is -2.14.